The van der Waals surface area contributed by atoms with E-state index in [4.69, 9.17) is 9.16 Å². The van der Waals surface area contributed by atoms with Gasteiger partial charge in [-0.2, -0.15) is 10.2 Å². The molecule has 1 aliphatic rings. The van der Waals surface area contributed by atoms with Gasteiger partial charge in [0.2, 0.25) is 0 Å². The lowest BCUT2D eigenvalue weighted by molar-refractivity contribution is -0.144. The predicted molar refractivity (Wildman–Crippen MR) is 96.9 cm³/mol. The summed E-state index contributed by atoms with van der Waals surface area (Å²) in [7, 11) is -0.132. The van der Waals surface area contributed by atoms with Crippen molar-refractivity contribution in [3.8, 4) is 0 Å². The normalized spacial score (nSPS) is 26.5. The number of hydrogen-bond donors (Lipinski definition) is 0. The number of ether oxygens (including phenoxy) is 1. The zero-order valence-corrected chi connectivity index (χ0v) is 16.3. The molecule has 0 saturated heterocycles. The molecule has 1 aromatic carbocycles. The summed E-state index contributed by atoms with van der Waals surface area (Å²) in [6.45, 7) is 9.25. The Balaban J connectivity index is 2.15. The fourth-order valence-electron chi connectivity index (χ4n) is 3.32. The molecule has 0 N–H and O–H groups in total. The molecule has 0 aliphatic heterocycles. The largest absolute Gasteiger partial charge is 0.467 e. The molecule has 1 unspecified atom stereocenters. The van der Waals surface area contributed by atoms with Crippen LogP contribution in [-0.2, 0) is 14.0 Å². The zero-order chi connectivity index (χ0) is 17.8. The summed E-state index contributed by atoms with van der Waals surface area (Å²) in [6, 6.07) is 9.49. The molecule has 132 valence electrons. The Hall–Kier alpha value is -1.53. The molecule has 2 rings (SSSR count). The van der Waals surface area contributed by atoms with Gasteiger partial charge in [0.25, 0.3) is 0 Å². The number of rotatable bonds is 8. The highest BCUT2D eigenvalue weighted by atomic mass is 28.4. The Morgan fingerprint density at radius 2 is 1.88 bits per heavy atom. The van der Waals surface area contributed by atoms with Crippen LogP contribution in [0.3, 0.4) is 0 Å². The summed E-state index contributed by atoms with van der Waals surface area (Å²) in [6.07, 6.45) is 1.69. The van der Waals surface area contributed by atoms with Gasteiger partial charge in [0.1, 0.15) is 0 Å². The smallest absolute Gasteiger partial charge is 0.336 e. The maximum atomic E-state index is 12.4. The van der Waals surface area contributed by atoms with Crippen molar-refractivity contribution in [3.05, 3.63) is 30.3 Å². The average molecular weight is 349 g/mol. The van der Waals surface area contributed by atoms with Crippen LogP contribution in [0.1, 0.15) is 19.8 Å². The van der Waals surface area contributed by atoms with Crippen molar-refractivity contribution >= 4 is 20.0 Å². The number of nitrogens with zero attached hydrogens (tertiary/aromatic N) is 2. The fourth-order valence-corrected chi connectivity index (χ4v) is 4.05. The molecule has 5 nitrogen and oxygen atoms in total. The van der Waals surface area contributed by atoms with E-state index in [1.54, 1.807) is 0 Å². The number of benzene rings is 1. The number of carbonyl (C=O) groups is 1. The van der Waals surface area contributed by atoms with Gasteiger partial charge < -0.3 is 9.16 Å². The third-order valence-corrected chi connectivity index (χ3v) is 5.58. The standard InChI is InChI=1S/C18H28N2O3Si/c1-6-15-16(12-13-23-24(3,4)5)18(15,17(21)22-2)20-19-14-10-8-7-9-11-14/h7-11,15-16H,6,12-13H2,1-5H3/t15-,16+,18?/m0/s1. The molecule has 1 saturated carbocycles. The van der Waals surface area contributed by atoms with Gasteiger partial charge in [-0.05, 0) is 44.6 Å². The summed E-state index contributed by atoms with van der Waals surface area (Å²) in [5, 5.41) is 8.77. The van der Waals surface area contributed by atoms with Crippen molar-refractivity contribution in [2.45, 2.75) is 44.9 Å². The van der Waals surface area contributed by atoms with Gasteiger partial charge in [-0.15, -0.1) is 0 Å². The van der Waals surface area contributed by atoms with Crippen LogP contribution in [0.25, 0.3) is 0 Å². The Bertz CT molecular complexity index is 586. The lowest BCUT2D eigenvalue weighted by Gasteiger charge is -2.17. The van der Waals surface area contributed by atoms with Crippen LogP contribution in [0.2, 0.25) is 19.6 Å². The van der Waals surface area contributed by atoms with Crippen molar-refractivity contribution in [1.82, 2.24) is 0 Å². The second-order valence-corrected chi connectivity index (χ2v) is 11.7. The third kappa shape index (κ3) is 4.11. The van der Waals surface area contributed by atoms with Crippen molar-refractivity contribution < 1.29 is 14.0 Å². The second-order valence-electron chi connectivity index (χ2n) is 7.22. The Morgan fingerprint density at radius 1 is 1.21 bits per heavy atom. The van der Waals surface area contributed by atoms with Gasteiger partial charge in [0.05, 0.1) is 12.8 Å². The van der Waals surface area contributed by atoms with Gasteiger partial charge in [-0.3, -0.25) is 0 Å². The van der Waals surface area contributed by atoms with Crippen LogP contribution < -0.4 is 0 Å². The number of methoxy groups -OCH3 is 1. The van der Waals surface area contributed by atoms with Crippen molar-refractivity contribution in [1.29, 1.82) is 0 Å². The molecule has 0 heterocycles. The van der Waals surface area contributed by atoms with E-state index in [1.165, 1.54) is 7.11 Å². The van der Waals surface area contributed by atoms with E-state index in [0.717, 1.165) is 18.5 Å². The Morgan fingerprint density at radius 3 is 2.42 bits per heavy atom. The molecule has 1 aromatic rings. The molecule has 0 radical (unpaired) electrons. The van der Waals surface area contributed by atoms with Crippen LogP contribution in [-0.4, -0.2) is 33.5 Å². The highest BCUT2D eigenvalue weighted by molar-refractivity contribution is 6.69. The first-order valence-electron chi connectivity index (χ1n) is 8.55. The van der Waals surface area contributed by atoms with Gasteiger partial charge in [0, 0.05) is 18.4 Å². The van der Waals surface area contributed by atoms with E-state index in [-0.39, 0.29) is 17.8 Å². The number of azo groups is 1. The minimum atomic E-state index is -1.55. The topological polar surface area (TPSA) is 60.2 Å². The summed E-state index contributed by atoms with van der Waals surface area (Å²) in [5.74, 6) is 0.0217. The minimum absolute atomic E-state index is 0.138. The predicted octanol–water partition coefficient (Wildman–Crippen LogP) is 4.58. The lowest BCUT2D eigenvalue weighted by atomic mass is 10.2. The SMILES string of the molecule is CC[C@H]1[C@@H](CCO[Si](C)(C)C)C1(N=Nc1ccccc1)C(=O)OC. The lowest BCUT2D eigenvalue weighted by Crippen LogP contribution is -2.28. The first-order chi connectivity index (χ1) is 11.3. The van der Waals surface area contributed by atoms with E-state index >= 15 is 0 Å². The van der Waals surface area contributed by atoms with Crippen LogP contribution in [0.15, 0.2) is 40.6 Å². The van der Waals surface area contributed by atoms with E-state index in [2.05, 4.69) is 36.8 Å². The van der Waals surface area contributed by atoms with Crippen molar-refractivity contribution in [3.63, 3.8) is 0 Å². The van der Waals surface area contributed by atoms with Gasteiger partial charge in [-0.25, -0.2) is 4.79 Å². The fraction of sp³-hybridized carbons (Fsp3) is 0.611. The first kappa shape index (κ1) is 18.8. The molecular formula is C18H28N2O3Si. The molecule has 1 aliphatic carbocycles. The molecule has 0 bridgehead atoms. The number of esters is 1. The molecule has 0 spiro atoms. The highest BCUT2D eigenvalue weighted by Crippen LogP contribution is 2.58. The molecule has 6 heteroatoms. The van der Waals surface area contributed by atoms with E-state index in [1.807, 2.05) is 30.3 Å². The average Bonchev–Trinajstić information content (AvgIpc) is 3.19. The second kappa shape index (κ2) is 7.57. The van der Waals surface area contributed by atoms with Crippen molar-refractivity contribution in [2.75, 3.05) is 13.7 Å². The monoisotopic (exact) mass is 348 g/mol. The quantitative estimate of drug-likeness (QED) is 0.392. The van der Waals surface area contributed by atoms with E-state index < -0.39 is 13.9 Å². The number of carbonyl (C=O) groups excluding carboxylic acids is 1. The molecule has 0 aromatic heterocycles. The van der Waals surface area contributed by atoms with Gasteiger partial charge in [-0.1, -0.05) is 25.1 Å². The molecular weight excluding hydrogens is 320 g/mol. The van der Waals surface area contributed by atoms with Gasteiger partial charge >= 0.3 is 5.97 Å². The Kier molecular flexibility index (Phi) is 5.93. The van der Waals surface area contributed by atoms with Crippen LogP contribution >= 0.6 is 0 Å². The van der Waals surface area contributed by atoms with Crippen LogP contribution in [0.4, 0.5) is 5.69 Å². The maximum Gasteiger partial charge on any atom is 0.336 e. The van der Waals surface area contributed by atoms with E-state index in [0.29, 0.717) is 6.61 Å². The summed E-state index contributed by atoms with van der Waals surface area (Å²) < 4.78 is 11.0. The van der Waals surface area contributed by atoms with Crippen molar-refractivity contribution in [2.24, 2.45) is 22.1 Å². The first-order valence-corrected chi connectivity index (χ1v) is 12.0. The number of hydrogen-bond acceptors (Lipinski definition) is 5. The highest BCUT2D eigenvalue weighted by Gasteiger charge is 2.70. The third-order valence-electron chi connectivity index (χ3n) is 4.51. The molecule has 1 fully saturated rings. The molecule has 24 heavy (non-hydrogen) atoms. The minimum Gasteiger partial charge on any atom is -0.467 e. The summed E-state index contributed by atoms with van der Waals surface area (Å²) >= 11 is 0. The van der Waals surface area contributed by atoms with Crippen LogP contribution in [0.5, 0.6) is 0 Å². The summed E-state index contributed by atoms with van der Waals surface area (Å²) in [5.41, 5.74) is -0.0954. The van der Waals surface area contributed by atoms with Gasteiger partial charge in [0.15, 0.2) is 13.9 Å². The van der Waals surface area contributed by atoms with Crippen LogP contribution in [0, 0.1) is 11.8 Å². The molecule has 3 atom stereocenters. The zero-order valence-electron chi connectivity index (χ0n) is 15.3. The molecule has 0 amide bonds. The van der Waals surface area contributed by atoms with E-state index in [9.17, 15) is 4.79 Å². The Labute approximate surface area is 145 Å². The summed E-state index contributed by atoms with van der Waals surface area (Å²) in [4.78, 5) is 12.4. The maximum absolute atomic E-state index is 12.4.